The highest BCUT2D eigenvalue weighted by Gasteiger charge is 2.01. The van der Waals surface area contributed by atoms with Crippen LogP contribution in [0.15, 0.2) is 18.2 Å². The molecule has 0 radical (unpaired) electrons. The van der Waals surface area contributed by atoms with Crippen LogP contribution < -0.4 is 0 Å². The molecule has 1 rings (SSSR count). The number of hydrogen-bond donors (Lipinski definition) is 0. The molecular formula is C9H10ClNO2S. The summed E-state index contributed by atoms with van der Waals surface area (Å²) in [5.74, 6) is 0.775. The molecule has 0 amide bonds. The summed E-state index contributed by atoms with van der Waals surface area (Å²) in [5, 5.41) is 0.473. The van der Waals surface area contributed by atoms with Gasteiger partial charge in [-0.3, -0.25) is 4.79 Å². The quantitative estimate of drug-likeness (QED) is 0.588. The van der Waals surface area contributed by atoms with Crippen molar-refractivity contribution in [1.29, 1.82) is 0 Å². The summed E-state index contributed by atoms with van der Waals surface area (Å²) in [6.45, 7) is 0. The van der Waals surface area contributed by atoms with Crippen molar-refractivity contribution in [2.24, 2.45) is 0 Å². The fourth-order valence-corrected chi connectivity index (χ4v) is 1.77. The summed E-state index contributed by atoms with van der Waals surface area (Å²) in [6, 6.07) is 5.43. The van der Waals surface area contributed by atoms with Crippen molar-refractivity contribution < 1.29 is 9.53 Å². The van der Waals surface area contributed by atoms with Crippen LogP contribution in [-0.4, -0.2) is 23.8 Å². The van der Waals surface area contributed by atoms with Crippen molar-refractivity contribution in [3.8, 4) is 0 Å². The van der Waals surface area contributed by atoms with Gasteiger partial charge in [0.2, 0.25) is 0 Å². The van der Waals surface area contributed by atoms with Crippen LogP contribution in [-0.2, 0) is 15.3 Å². The largest absolute Gasteiger partial charge is 0.468 e. The van der Waals surface area contributed by atoms with Crippen LogP contribution in [0.2, 0.25) is 5.15 Å². The van der Waals surface area contributed by atoms with Crippen molar-refractivity contribution in [2.75, 3.05) is 12.9 Å². The number of carbonyl (C=O) groups excluding carboxylic acids is 1. The van der Waals surface area contributed by atoms with E-state index in [0.29, 0.717) is 16.7 Å². The summed E-state index contributed by atoms with van der Waals surface area (Å²) in [5.41, 5.74) is 0.867. The highest BCUT2D eigenvalue weighted by molar-refractivity contribution is 7.99. The second kappa shape index (κ2) is 5.88. The number of carbonyl (C=O) groups is 1. The number of nitrogens with zero attached hydrogens (tertiary/aromatic N) is 1. The molecule has 0 atom stereocenters. The predicted molar refractivity (Wildman–Crippen MR) is 57.4 cm³/mol. The van der Waals surface area contributed by atoms with Crippen LogP contribution >= 0.6 is 23.4 Å². The summed E-state index contributed by atoms with van der Waals surface area (Å²) >= 11 is 7.15. The summed E-state index contributed by atoms with van der Waals surface area (Å²) < 4.78 is 4.51. The van der Waals surface area contributed by atoms with Gasteiger partial charge in [0.1, 0.15) is 5.15 Å². The molecule has 0 fully saturated rings. The minimum Gasteiger partial charge on any atom is -0.468 e. The number of methoxy groups -OCH3 is 1. The molecule has 76 valence electrons. The molecule has 0 aliphatic carbocycles. The predicted octanol–water partition coefficient (Wildman–Crippen LogP) is 2.14. The van der Waals surface area contributed by atoms with E-state index >= 15 is 0 Å². The molecular weight excluding hydrogens is 222 g/mol. The molecule has 3 nitrogen and oxygen atoms in total. The number of thioether (sulfide) groups is 1. The smallest absolute Gasteiger partial charge is 0.315 e. The molecule has 0 saturated carbocycles. The first-order valence-corrected chi connectivity index (χ1v) is 5.51. The number of aromatic nitrogens is 1. The highest BCUT2D eigenvalue weighted by Crippen LogP contribution is 2.12. The number of ether oxygens (including phenoxy) is 1. The lowest BCUT2D eigenvalue weighted by Crippen LogP contribution is -2.03. The summed E-state index contributed by atoms with van der Waals surface area (Å²) in [7, 11) is 1.38. The first-order chi connectivity index (χ1) is 6.72. The zero-order valence-electron chi connectivity index (χ0n) is 7.70. The lowest BCUT2D eigenvalue weighted by Gasteiger charge is -2.00. The number of rotatable bonds is 4. The maximum Gasteiger partial charge on any atom is 0.315 e. The molecule has 0 spiro atoms. The lowest BCUT2D eigenvalue weighted by molar-refractivity contribution is -0.137. The van der Waals surface area contributed by atoms with Gasteiger partial charge in [0.05, 0.1) is 18.6 Å². The molecule has 0 aliphatic rings. The monoisotopic (exact) mass is 231 g/mol. The minimum atomic E-state index is -0.225. The normalized spacial score (nSPS) is 9.86. The molecule has 0 unspecified atom stereocenters. The number of pyridine rings is 1. The third-order valence-corrected chi connectivity index (χ3v) is 2.62. The molecule has 0 N–H and O–H groups in total. The van der Waals surface area contributed by atoms with Crippen molar-refractivity contribution >= 4 is 29.3 Å². The van der Waals surface area contributed by atoms with Crippen molar-refractivity contribution in [1.82, 2.24) is 4.98 Å². The minimum absolute atomic E-state index is 0.225. The van der Waals surface area contributed by atoms with Gasteiger partial charge in [0.15, 0.2) is 0 Å². The van der Waals surface area contributed by atoms with Crippen LogP contribution in [0.1, 0.15) is 5.69 Å². The van der Waals surface area contributed by atoms with E-state index in [9.17, 15) is 4.79 Å². The SMILES string of the molecule is COC(=O)CSCc1cccc(Cl)n1. The van der Waals surface area contributed by atoms with Crippen LogP contribution in [0.5, 0.6) is 0 Å². The fourth-order valence-electron chi connectivity index (χ4n) is 0.829. The van der Waals surface area contributed by atoms with E-state index in [4.69, 9.17) is 11.6 Å². The van der Waals surface area contributed by atoms with Gasteiger partial charge in [0, 0.05) is 5.75 Å². The number of hydrogen-bond acceptors (Lipinski definition) is 4. The third kappa shape index (κ3) is 3.98. The maximum atomic E-state index is 10.8. The number of esters is 1. The summed E-state index contributed by atoms with van der Waals surface area (Å²) in [6.07, 6.45) is 0. The molecule has 0 bridgehead atoms. The van der Waals surface area contributed by atoms with Crippen LogP contribution in [0.25, 0.3) is 0 Å². The van der Waals surface area contributed by atoms with Crippen LogP contribution in [0, 0.1) is 0 Å². The second-order valence-corrected chi connectivity index (χ2v) is 3.89. The van der Waals surface area contributed by atoms with Gasteiger partial charge in [-0.05, 0) is 12.1 Å². The number of halogens is 1. The first kappa shape index (κ1) is 11.3. The van der Waals surface area contributed by atoms with Gasteiger partial charge in [-0.15, -0.1) is 11.8 Å². The van der Waals surface area contributed by atoms with Crippen molar-refractivity contribution in [3.63, 3.8) is 0 Å². The zero-order chi connectivity index (χ0) is 10.4. The standard InChI is InChI=1S/C9H10ClNO2S/c1-13-9(12)6-14-5-7-3-2-4-8(10)11-7/h2-4H,5-6H2,1H3. The van der Waals surface area contributed by atoms with E-state index in [1.165, 1.54) is 18.9 Å². The van der Waals surface area contributed by atoms with Gasteiger partial charge in [0.25, 0.3) is 0 Å². The molecule has 1 heterocycles. The van der Waals surface area contributed by atoms with Gasteiger partial charge in [-0.25, -0.2) is 4.98 Å². The molecule has 1 aromatic heterocycles. The topological polar surface area (TPSA) is 39.2 Å². The van der Waals surface area contributed by atoms with Crippen LogP contribution in [0.3, 0.4) is 0 Å². The third-order valence-electron chi connectivity index (χ3n) is 1.47. The molecule has 5 heteroatoms. The Bertz CT molecular complexity index is 319. The van der Waals surface area contributed by atoms with E-state index in [1.807, 2.05) is 12.1 Å². The van der Waals surface area contributed by atoms with E-state index in [0.717, 1.165) is 5.69 Å². The van der Waals surface area contributed by atoms with Gasteiger partial charge in [-0.2, -0.15) is 0 Å². The second-order valence-electron chi connectivity index (χ2n) is 2.52. The Morgan fingerprint density at radius 3 is 3.07 bits per heavy atom. The van der Waals surface area contributed by atoms with E-state index < -0.39 is 0 Å². The highest BCUT2D eigenvalue weighted by atomic mass is 35.5. The van der Waals surface area contributed by atoms with Gasteiger partial charge < -0.3 is 4.74 Å². The van der Waals surface area contributed by atoms with E-state index in [1.54, 1.807) is 6.07 Å². The first-order valence-electron chi connectivity index (χ1n) is 3.98. The average Bonchev–Trinajstić information content (AvgIpc) is 2.17. The Balaban J connectivity index is 2.35. The molecule has 0 aromatic carbocycles. The summed E-state index contributed by atoms with van der Waals surface area (Å²) in [4.78, 5) is 14.9. The Morgan fingerprint density at radius 1 is 1.64 bits per heavy atom. The Morgan fingerprint density at radius 2 is 2.43 bits per heavy atom. The van der Waals surface area contributed by atoms with E-state index in [-0.39, 0.29) is 5.97 Å². The van der Waals surface area contributed by atoms with Crippen molar-refractivity contribution in [3.05, 3.63) is 29.0 Å². The average molecular weight is 232 g/mol. The zero-order valence-corrected chi connectivity index (χ0v) is 9.27. The van der Waals surface area contributed by atoms with Crippen LogP contribution in [0.4, 0.5) is 0 Å². The van der Waals surface area contributed by atoms with Gasteiger partial charge in [-0.1, -0.05) is 17.7 Å². The Kier molecular flexibility index (Phi) is 4.76. The fraction of sp³-hybridized carbons (Fsp3) is 0.333. The lowest BCUT2D eigenvalue weighted by atomic mass is 10.4. The maximum absolute atomic E-state index is 10.8. The molecule has 1 aromatic rings. The molecule has 0 aliphatic heterocycles. The Hall–Kier alpha value is -0.740. The molecule has 0 saturated heterocycles. The molecule has 14 heavy (non-hydrogen) atoms. The van der Waals surface area contributed by atoms with Crippen molar-refractivity contribution in [2.45, 2.75) is 5.75 Å². The van der Waals surface area contributed by atoms with Gasteiger partial charge >= 0.3 is 5.97 Å². The Labute approximate surface area is 91.8 Å². The van der Waals surface area contributed by atoms with E-state index in [2.05, 4.69) is 9.72 Å².